The molecule has 1 fully saturated rings. The number of piperazine rings is 1. The molecular weight excluding hydrogens is 789 g/mol. The zero-order chi connectivity index (χ0) is 45.6. The summed E-state index contributed by atoms with van der Waals surface area (Å²) in [4.78, 5) is 57.0. The molecule has 1 saturated heterocycles. The highest BCUT2D eigenvalue weighted by atomic mass is 16.5. The van der Waals surface area contributed by atoms with Gasteiger partial charge in [-0.15, -0.1) is 0 Å². The van der Waals surface area contributed by atoms with E-state index in [-0.39, 0.29) is 28.9 Å². The second-order valence-electron chi connectivity index (χ2n) is 19.0. The molecule has 10 heteroatoms. The Bertz CT molecular complexity index is 1320. The van der Waals surface area contributed by atoms with E-state index in [1.165, 1.54) is 89.9 Å². The van der Waals surface area contributed by atoms with Crippen molar-refractivity contribution in [1.82, 2.24) is 9.80 Å². The first-order chi connectivity index (χ1) is 30.8. The summed E-state index contributed by atoms with van der Waals surface area (Å²) in [6.45, 7) is 14.3. The van der Waals surface area contributed by atoms with Crippen molar-refractivity contribution in [1.29, 1.82) is 0 Å². The molecule has 0 spiro atoms. The van der Waals surface area contributed by atoms with E-state index in [2.05, 4.69) is 47.8 Å². The molecule has 1 aliphatic heterocycles. The molecule has 2 rings (SSSR count). The second-order valence-corrected chi connectivity index (χ2v) is 19.0. The number of ether oxygens (including phenoxy) is 2. The van der Waals surface area contributed by atoms with Crippen molar-refractivity contribution in [3.8, 4) is 0 Å². The Kier molecular flexibility index (Phi) is 34.9. The number of unbranched alkanes of at least 4 members (excludes halogenated alkanes) is 23. The average molecular weight is 887 g/mol. The summed E-state index contributed by atoms with van der Waals surface area (Å²) in [5.41, 5.74) is 0.380. The van der Waals surface area contributed by atoms with Crippen molar-refractivity contribution < 1.29 is 19.1 Å². The summed E-state index contributed by atoms with van der Waals surface area (Å²) < 4.78 is 11.5. The highest BCUT2D eigenvalue weighted by molar-refractivity contribution is 5.75. The van der Waals surface area contributed by atoms with Gasteiger partial charge in [0.15, 0.2) is 0 Å². The summed E-state index contributed by atoms with van der Waals surface area (Å²) in [7, 11) is 2.09. The SMILES string of the molecule is CCCCCCCCCOC(=O)CCCCCCCN(CCCCCCCC(=O)OC(CCCCCCC)CCCCCCCC)CCCNc1c(N2CCN(C)CC2)c(=O)c1=O. The van der Waals surface area contributed by atoms with Crippen LogP contribution in [-0.2, 0) is 19.1 Å². The smallest absolute Gasteiger partial charge is 0.306 e. The molecule has 0 radical (unpaired) electrons. The number of esters is 2. The zero-order valence-electron chi connectivity index (χ0n) is 41.6. The quantitative estimate of drug-likeness (QED) is 0.0386. The van der Waals surface area contributed by atoms with Crippen LogP contribution in [0, 0.1) is 0 Å². The van der Waals surface area contributed by atoms with Crippen LogP contribution in [0.5, 0.6) is 0 Å². The standard InChI is InChI=1S/C53H98N4O6/c1-5-8-11-14-16-25-32-46-62-48(58)36-28-21-17-23-30-39-56(41-33-38-54-50-51(53(61)52(50)60)57-44-42-55(4)43-45-57)40-31-24-18-22-29-37-49(59)63-47(34-26-19-13-10-7-3)35-27-20-15-12-9-6-2/h47,54H,5-46H2,1-4H3. The van der Waals surface area contributed by atoms with E-state index < -0.39 is 0 Å². The molecule has 0 amide bonds. The van der Waals surface area contributed by atoms with Gasteiger partial charge in [-0.05, 0) is 90.9 Å². The lowest BCUT2D eigenvalue weighted by Crippen LogP contribution is -2.50. The highest BCUT2D eigenvalue weighted by Gasteiger charge is 2.27. The van der Waals surface area contributed by atoms with Crippen LogP contribution in [0.1, 0.15) is 233 Å². The average Bonchev–Trinajstić information content (AvgIpc) is 3.28. The molecule has 1 N–H and O–H groups in total. The molecular formula is C53H98N4O6. The van der Waals surface area contributed by atoms with Gasteiger partial charge >= 0.3 is 11.9 Å². The number of hydrogen-bond donors (Lipinski definition) is 1. The maximum absolute atomic E-state index is 12.9. The van der Waals surface area contributed by atoms with E-state index >= 15 is 0 Å². The van der Waals surface area contributed by atoms with Gasteiger partial charge in [0.25, 0.3) is 10.9 Å². The van der Waals surface area contributed by atoms with Crippen molar-refractivity contribution in [2.75, 3.05) is 76.2 Å². The molecule has 0 bridgehead atoms. The lowest BCUT2D eigenvalue weighted by Gasteiger charge is -2.35. The molecule has 0 aliphatic carbocycles. The Morgan fingerprint density at radius 3 is 1.52 bits per heavy atom. The van der Waals surface area contributed by atoms with Gasteiger partial charge in [-0.25, -0.2) is 0 Å². The van der Waals surface area contributed by atoms with Gasteiger partial charge in [-0.2, -0.15) is 0 Å². The van der Waals surface area contributed by atoms with Crippen molar-refractivity contribution in [3.63, 3.8) is 0 Å². The Morgan fingerprint density at radius 1 is 0.540 bits per heavy atom. The van der Waals surface area contributed by atoms with E-state index in [1.54, 1.807) is 0 Å². The van der Waals surface area contributed by atoms with E-state index in [9.17, 15) is 19.2 Å². The number of nitrogens with one attached hydrogen (secondary N) is 1. The second kappa shape index (κ2) is 38.8. The van der Waals surface area contributed by atoms with Gasteiger partial charge in [0.05, 0.1) is 6.61 Å². The van der Waals surface area contributed by atoms with Crippen molar-refractivity contribution in [3.05, 3.63) is 20.4 Å². The summed E-state index contributed by atoms with van der Waals surface area (Å²) in [6, 6.07) is 0. The van der Waals surface area contributed by atoms with Crippen LogP contribution in [-0.4, -0.2) is 93.9 Å². The van der Waals surface area contributed by atoms with Gasteiger partial charge in [0.2, 0.25) is 0 Å². The minimum absolute atomic E-state index is 0.00237. The Labute approximate surface area is 386 Å². The monoisotopic (exact) mass is 887 g/mol. The predicted octanol–water partition coefficient (Wildman–Crippen LogP) is 12.1. The summed E-state index contributed by atoms with van der Waals surface area (Å²) in [5.74, 6) is -0.0477. The third-order valence-corrected chi connectivity index (χ3v) is 13.2. The first-order valence-corrected chi connectivity index (χ1v) is 26.9. The van der Waals surface area contributed by atoms with Gasteiger partial charge in [0, 0.05) is 45.6 Å². The predicted molar refractivity (Wildman–Crippen MR) is 266 cm³/mol. The third-order valence-electron chi connectivity index (χ3n) is 13.2. The molecule has 1 aromatic rings. The molecule has 0 aromatic heterocycles. The zero-order valence-corrected chi connectivity index (χ0v) is 41.6. The number of anilines is 2. The van der Waals surface area contributed by atoms with E-state index in [0.29, 0.717) is 37.4 Å². The maximum Gasteiger partial charge on any atom is 0.306 e. The molecule has 1 aliphatic rings. The number of hydrogen-bond acceptors (Lipinski definition) is 10. The van der Waals surface area contributed by atoms with Gasteiger partial charge < -0.3 is 29.5 Å². The largest absolute Gasteiger partial charge is 0.466 e. The fourth-order valence-electron chi connectivity index (χ4n) is 8.95. The third kappa shape index (κ3) is 28.2. The number of nitrogens with zero attached hydrogens (tertiary/aromatic N) is 3. The topological polar surface area (TPSA) is 108 Å². The minimum atomic E-state index is -0.374. The molecule has 1 heterocycles. The maximum atomic E-state index is 12.9. The van der Waals surface area contributed by atoms with Gasteiger partial charge in [-0.1, -0.05) is 156 Å². The molecule has 1 aromatic carbocycles. The Balaban J connectivity index is 1.71. The molecule has 63 heavy (non-hydrogen) atoms. The van der Waals surface area contributed by atoms with Crippen molar-refractivity contribution >= 4 is 23.3 Å². The van der Waals surface area contributed by atoms with Crippen molar-refractivity contribution in [2.45, 2.75) is 239 Å². The molecule has 0 saturated carbocycles. The van der Waals surface area contributed by atoms with Crippen LogP contribution in [0.4, 0.5) is 11.4 Å². The van der Waals surface area contributed by atoms with Crippen LogP contribution in [0.3, 0.4) is 0 Å². The number of carbonyl (C=O) groups excluding carboxylic acids is 2. The number of carbonyl (C=O) groups is 2. The normalized spacial score (nSPS) is 13.9. The van der Waals surface area contributed by atoms with Crippen LogP contribution in [0.15, 0.2) is 9.59 Å². The van der Waals surface area contributed by atoms with E-state index in [4.69, 9.17) is 9.47 Å². The van der Waals surface area contributed by atoms with Crippen LogP contribution < -0.4 is 21.1 Å². The lowest BCUT2D eigenvalue weighted by molar-refractivity contribution is -0.150. The van der Waals surface area contributed by atoms with Crippen molar-refractivity contribution in [2.24, 2.45) is 0 Å². The Morgan fingerprint density at radius 2 is 0.984 bits per heavy atom. The molecule has 10 nitrogen and oxygen atoms in total. The first-order valence-electron chi connectivity index (χ1n) is 26.9. The van der Waals surface area contributed by atoms with E-state index in [1.807, 2.05) is 0 Å². The Hall–Kier alpha value is -2.46. The van der Waals surface area contributed by atoms with Crippen LogP contribution >= 0.6 is 0 Å². The van der Waals surface area contributed by atoms with Crippen LogP contribution in [0.25, 0.3) is 0 Å². The van der Waals surface area contributed by atoms with Gasteiger partial charge in [-0.3, -0.25) is 19.2 Å². The number of likely N-dealkylation sites (N-methyl/N-ethyl adjacent to an activating group) is 1. The summed E-state index contributed by atoms with van der Waals surface area (Å²) >= 11 is 0. The highest BCUT2D eigenvalue weighted by Crippen LogP contribution is 2.22. The fraction of sp³-hybridized carbons (Fsp3) is 0.887. The van der Waals surface area contributed by atoms with E-state index in [0.717, 1.165) is 155 Å². The molecule has 366 valence electrons. The molecule has 1 unspecified atom stereocenters. The molecule has 1 atom stereocenters. The minimum Gasteiger partial charge on any atom is -0.466 e. The summed E-state index contributed by atoms with van der Waals surface area (Å²) in [6.07, 6.45) is 37.2. The fourth-order valence-corrected chi connectivity index (χ4v) is 8.95. The van der Waals surface area contributed by atoms with Gasteiger partial charge in [0.1, 0.15) is 17.5 Å². The summed E-state index contributed by atoms with van der Waals surface area (Å²) in [5, 5.41) is 3.34. The van der Waals surface area contributed by atoms with Crippen LogP contribution in [0.2, 0.25) is 0 Å². The number of rotatable bonds is 44. The first kappa shape index (κ1) is 56.7. The lowest BCUT2D eigenvalue weighted by atomic mass is 10.0.